The maximum Gasteiger partial charge on any atom is 0.253 e. The molecule has 1 heterocycles. The van der Waals surface area contributed by atoms with Gasteiger partial charge in [0.1, 0.15) is 11.9 Å². The SMILES string of the molecule is NCc1ccc(NC(=O)C2CCCCO2)c(F)c1. The van der Waals surface area contributed by atoms with Crippen molar-refractivity contribution in [2.45, 2.75) is 31.9 Å². The monoisotopic (exact) mass is 252 g/mol. The van der Waals surface area contributed by atoms with Crippen LogP contribution >= 0.6 is 0 Å². The van der Waals surface area contributed by atoms with Crippen LogP contribution in [0, 0.1) is 5.82 Å². The van der Waals surface area contributed by atoms with E-state index in [1.165, 1.54) is 12.1 Å². The lowest BCUT2D eigenvalue weighted by molar-refractivity contribution is -0.130. The van der Waals surface area contributed by atoms with Crippen molar-refractivity contribution in [2.75, 3.05) is 11.9 Å². The van der Waals surface area contributed by atoms with Gasteiger partial charge >= 0.3 is 0 Å². The number of amides is 1. The Morgan fingerprint density at radius 3 is 2.94 bits per heavy atom. The maximum atomic E-state index is 13.7. The summed E-state index contributed by atoms with van der Waals surface area (Å²) in [6.07, 6.45) is 2.16. The lowest BCUT2D eigenvalue weighted by Gasteiger charge is -2.21. The van der Waals surface area contributed by atoms with Crippen molar-refractivity contribution in [1.29, 1.82) is 0 Å². The van der Waals surface area contributed by atoms with Gasteiger partial charge in [-0.1, -0.05) is 6.07 Å². The standard InChI is InChI=1S/C13H17FN2O2/c14-10-7-9(8-15)4-5-11(10)16-13(17)12-3-1-2-6-18-12/h4-5,7,12H,1-3,6,8,15H2,(H,16,17). The van der Waals surface area contributed by atoms with Crippen LogP contribution < -0.4 is 11.1 Å². The van der Waals surface area contributed by atoms with Gasteiger partial charge in [0, 0.05) is 13.2 Å². The van der Waals surface area contributed by atoms with Crippen molar-refractivity contribution in [3.8, 4) is 0 Å². The third-order valence-electron chi connectivity index (χ3n) is 3.00. The van der Waals surface area contributed by atoms with Gasteiger partial charge in [-0.2, -0.15) is 0 Å². The van der Waals surface area contributed by atoms with Gasteiger partial charge in [0.15, 0.2) is 0 Å². The summed E-state index contributed by atoms with van der Waals surface area (Å²) >= 11 is 0. The predicted octanol–water partition coefficient (Wildman–Crippen LogP) is 1.79. The molecule has 1 fully saturated rings. The Morgan fingerprint density at radius 1 is 1.50 bits per heavy atom. The Hall–Kier alpha value is -1.46. The minimum atomic E-state index is -0.470. The molecule has 5 heteroatoms. The summed E-state index contributed by atoms with van der Waals surface area (Å²) in [5, 5.41) is 2.55. The van der Waals surface area contributed by atoms with Crippen LogP contribution in [0.25, 0.3) is 0 Å². The van der Waals surface area contributed by atoms with Crippen molar-refractivity contribution < 1.29 is 13.9 Å². The second-order valence-electron chi connectivity index (χ2n) is 4.36. The number of halogens is 1. The molecule has 1 unspecified atom stereocenters. The van der Waals surface area contributed by atoms with Crippen molar-refractivity contribution >= 4 is 11.6 Å². The first kappa shape index (κ1) is 13.0. The zero-order chi connectivity index (χ0) is 13.0. The van der Waals surface area contributed by atoms with Crippen LogP contribution in [0.3, 0.4) is 0 Å². The summed E-state index contributed by atoms with van der Waals surface area (Å²) in [5.41, 5.74) is 6.28. The van der Waals surface area contributed by atoms with E-state index in [1.54, 1.807) is 6.07 Å². The predicted molar refractivity (Wildman–Crippen MR) is 66.5 cm³/mol. The van der Waals surface area contributed by atoms with Gasteiger partial charge in [0.25, 0.3) is 5.91 Å². The molecule has 0 radical (unpaired) electrons. The highest BCUT2D eigenvalue weighted by atomic mass is 19.1. The first-order valence-electron chi connectivity index (χ1n) is 6.11. The molecule has 2 rings (SSSR count). The van der Waals surface area contributed by atoms with Gasteiger partial charge in [-0.25, -0.2) is 4.39 Å². The van der Waals surface area contributed by atoms with Crippen LogP contribution in [0.4, 0.5) is 10.1 Å². The van der Waals surface area contributed by atoms with E-state index in [9.17, 15) is 9.18 Å². The number of carbonyl (C=O) groups excluding carboxylic acids is 1. The Kier molecular flexibility index (Phi) is 4.28. The van der Waals surface area contributed by atoms with Crippen LogP contribution in [0.15, 0.2) is 18.2 Å². The maximum absolute atomic E-state index is 13.7. The van der Waals surface area contributed by atoms with Gasteiger partial charge in [0.05, 0.1) is 5.69 Å². The molecular formula is C13H17FN2O2. The van der Waals surface area contributed by atoms with Crippen molar-refractivity contribution in [2.24, 2.45) is 5.73 Å². The van der Waals surface area contributed by atoms with Gasteiger partial charge < -0.3 is 15.8 Å². The number of anilines is 1. The average molecular weight is 252 g/mol. The molecule has 4 nitrogen and oxygen atoms in total. The van der Waals surface area contributed by atoms with E-state index in [0.717, 1.165) is 12.8 Å². The molecule has 1 saturated heterocycles. The topological polar surface area (TPSA) is 64.3 Å². The van der Waals surface area contributed by atoms with E-state index >= 15 is 0 Å². The fourth-order valence-electron chi connectivity index (χ4n) is 1.95. The number of benzene rings is 1. The van der Waals surface area contributed by atoms with E-state index in [4.69, 9.17) is 10.5 Å². The van der Waals surface area contributed by atoms with Crippen molar-refractivity contribution in [3.63, 3.8) is 0 Å². The second kappa shape index (κ2) is 5.93. The van der Waals surface area contributed by atoms with Gasteiger partial charge in [0.2, 0.25) is 0 Å². The van der Waals surface area contributed by atoms with Gasteiger partial charge in [-0.3, -0.25) is 4.79 Å². The average Bonchev–Trinajstić information content (AvgIpc) is 2.42. The molecule has 0 saturated carbocycles. The smallest absolute Gasteiger partial charge is 0.253 e. The molecule has 1 atom stereocenters. The summed E-state index contributed by atoms with van der Waals surface area (Å²) in [6.45, 7) is 0.865. The van der Waals surface area contributed by atoms with E-state index in [2.05, 4.69) is 5.32 Å². The van der Waals surface area contributed by atoms with E-state index in [0.29, 0.717) is 18.6 Å². The van der Waals surface area contributed by atoms with Gasteiger partial charge in [-0.05, 0) is 37.0 Å². The molecule has 0 aliphatic carbocycles. The summed E-state index contributed by atoms with van der Waals surface area (Å²) in [6, 6.07) is 4.55. The quantitative estimate of drug-likeness (QED) is 0.862. The molecule has 1 aromatic carbocycles. The molecule has 1 aromatic rings. The first-order chi connectivity index (χ1) is 8.70. The summed E-state index contributed by atoms with van der Waals surface area (Å²) in [5.74, 6) is -0.754. The molecule has 18 heavy (non-hydrogen) atoms. The summed E-state index contributed by atoms with van der Waals surface area (Å²) in [7, 11) is 0. The number of nitrogens with one attached hydrogen (secondary N) is 1. The Labute approximate surface area is 105 Å². The lowest BCUT2D eigenvalue weighted by atomic mass is 10.1. The highest BCUT2D eigenvalue weighted by Crippen LogP contribution is 2.18. The van der Waals surface area contributed by atoms with E-state index in [-0.39, 0.29) is 18.1 Å². The molecule has 0 aromatic heterocycles. The van der Waals surface area contributed by atoms with Crippen molar-refractivity contribution in [3.05, 3.63) is 29.6 Å². The Bertz CT molecular complexity index is 431. The highest BCUT2D eigenvalue weighted by molar-refractivity contribution is 5.94. The van der Waals surface area contributed by atoms with Crippen LogP contribution in [0.1, 0.15) is 24.8 Å². The molecule has 0 spiro atoms. The third-order valence-corrected chi connectivity index (χ3v) is 3.00. The van der Waals surface area contributed by atoms with Crippen molar-refractivity contribution in [1.82, 2.24) is 0 Å². The fourth-order valence-corrected chi connectivity index (χ4v) is 1.95. The van der Waals surface area contributed by atoms with Crippen LogP contribution in [0.5, 0.6) is 0 Å². The number of carbonyl (C=O) groups is 1. The summed E-state index contributed by atoms with van der Waals surface area (Å²) in [4.78, 5) is 11.8. The van der Waals surface area contributed by atoms with E-state index < -0.39 is 11.9 Å². The largest absolute Gasteiger partial charge is 0.368 e. The lowest BCUT2D eigenvalue weighted by Crippen LogP contribution is -2.33. The van der Waals surface area contributed by atoms with E-state index in [1.807, 2.05) is 0 Å². The minimum Gasteiger partial charge on any atom is -0.368 e. The fraction of sp³-hybridized carbons (Fsp3) is 0.462. The molecule has 1 aliphatic rings. The highest BCUT2D eigenvalue weighted by Gasteiger charge is 2.22. The Balaban J connectivity index is 2.02. The van der Waals surface area contributed by atoms with Crippen LogP contribution in [0.2, 0.25) is 0 Å². The zero-order valence-corrected chi connectivity index (χ0v) is 10.1. The number of hydrogen-bond acceptors (Lipinski definition) is 3. The minimum absolute atomic E-state index is 0.173. The van der Waals surface area contributed by atoms with Crippen LogP contribution in [-0.2, 0) is 16.1 Å². The summed E-state index contributed by atoms with van der Waals surface area (Å²) < 4.78 is 19.0. The molecule has 1 amide bonds. The van der Waals surface area contributed by atoms with Gasteiger partial charge in [-0.15, -0.1) is 0 Å². The number of ether oxygens (including phenoxy) is 1. The Morgan fingerprint density at radius 2 is 2.33 bits per heavy atom. The zero-order valence-electron chi connectivity index (χ0n) is 10.1. The molecule has 1 aliphatic heterocycles. The number of hydrogen-bond donors (Lipinski definition) is 2. The molecular weight excluding hydrogens is 235 g/mol. The second-order valence-corrected chi connectivity index (χ2v) is 4.36. The number of rotatable bonds is 3. The molecule has 0 bridgehead atoms. The molecule has 3 N–H and O–H groups in total. The van der Waals surface area contributed by atoms with Crippen LogP contribution in [-0.4, -0.2) is 18.6 Å². The normalized spacial score (nSPS) is 19.6. The third kappa shape index (κ3) is 3.05. The number of nitrogens with two attached hydrogens (primary N) is 1. The molecule has 98 valence electrons. The first-order valence-corrected chi connectivity index (χ1v) is 6.11.